The summed E-state index contributed by atoms with van der Waals surface area (Å²) in [6.07, 6.45) is 2.37. The minimum atomic E-state index is -4.00. The van der Waals surface area contributed by atoms with Gasteiger partial charge in [0.25, 0.3) is 15.9 Å². The second-order valence-corrected chi connectivity index (χ2v) is 6.98. The van der Waals surface area contributed by atoms with Crippen LogP contribution in [-0.4, -0.2) is 36.0 Å². The van der Waals surface area contributed by atoms with E-state index in [4.69, 9.17) is 0 Å². The molecule has 0 unspecified atom stereocenters. The number of nitrogens with zero attached hydrogens (tertiary/aromatic N) is 3. The van der Waals surface area contributed by atoms with Crippen molar-refractivity contribution in [3.63, 3.8) is 0 Å². The summed E-state index contributed by atoms with van der Waals surface area (Å²) < 4.78 is 28.7. The number of carbonyl (C=O) groups is 1. The summed E-state index contributed by atoms with van der Waals surface area (Å²) >= 11 is 0. The molecule has 0 radical (unpaired) electrons. The maximum atomic E-state index is 12.5. The zero-order valence-corrected chi connectivity index (χ0v) is 14.5. The molecule has 9 heteroatoms. The highest BCUT2D eigenvalue weighted by molar-refractivity contribution is 7.90. The second-order valence-electron chi connectivity index (χ2n) is 5.30. The third-order valence-corrected chi connectivity index (χ3v) is 5.05. The first-order chi connectivity index (χ1) is 12.0. The second kappa shape index (κ2) is 6.52. The number of amides is 1. The summed E-state index contributed by atoms with van der Waals surface area (Å²) in [5.74, 6) is -0.0651. The molecular formula is C16H17N5O3S. The van der Waals surface area contributed by atoms with Gasteiger partial charge in [0.15, 0.2) is 5.65 Å². The van der Waals surface area contributed by atoms with Gasteiger partial charge in [-0.25, -0.2) is 13.1 Å². The molecule has 0 aliphatic rings. The van der Waals surface area contributed by atoms with Gasteiger partial charge in [0, 0.05) is 25.4 Å². The zero-order chi connectivity index (χ0) is 18.0. The number of hydrogen-bond donors (Lipinski definition) is 2. The molecule has 0 atom stereocenters. The van der Waals surface area contributed by atoms with Gasteiger partial charge in [-0.05, 0) is 30.3 Å². The molecule has 3 aromatic rings. The van der Waals surface area contributed by atoms with E-state index >= 15 is 0 Å². The first kappa shape index (κ1) is 16.9. The topological polar surface area (TPSA) is 105 Å². The molecule has 3 rings (SSSR count). The lowest BCUT2D eigenvalue weighted by Crippen LogP contribution is -2.31. The van der Waals surface area contributed by atoms with Crippen molar-refractivity contribution in [1.82, 2.24) is 19.3 Å². The molecule has 1 amide bonds. The Labute approximate surface area is 144 Å². The van der Waals surface area contributed by atoms with E-state index in [2.05, 4.69) is 20.2 Å². The fourth-order valence-electron chi connectivity index (χ4n) is 2.44. The van der Waals surface area contributed by atoms with Gasteiger partial charge in [0.05, 0.1) is 10.5 Å². The molecule has 0 spiro atoms. The maximum absolute atomic E-state index is 12.5. The Balaban J connectivity index is 1.95. The van der Waals surface area contributed by atoms with E-state index in [0.717, 1.165) is 0 Å². The van der Waals surface area contributed by atoms with Gasteiger partial charge in [-0.1, -0.05) is 13.0 Å². The third-order valence-electron chi connectivity index (χ3n) is 3.73. The Morgan fingerprint density at radius 3 is 2.72 bits per heavy atom. The predicted molar refractivity (Wildman–Crippen MR) is 93.0 cm³/mol. The van der Waals surface area contributed by atoms with Crippen molar-refractivity contribution in [2.75, 3.05) is 12.4 Å². The van der Waals surface area contributed by atoms with Crippen molar-refractivity contribution in [3.8, 4) is 0 Å². The average Bonchev–Trinajstić information content (AvgIpc) is 3.04. The number of hydrogen-bond acceptors (Lipinski definition) is 6. The average molecular weight is 359 g/mol. The van der Waals surface area contributed by atoms with Gasteiger partial charge >= 0.3 is 0 Å². The van der Waals surface area contributed by atoms with Crippen LogP contribution in [0.3, 0.4) is 0 Å². The number of carbonyl (C=O) groups excluding carboxylic acids is 1. The molecule has 0 saturated heterocycles. The van der Waals surface area contributed by atoms with E-state index in [-0.39, 0.29) is 10.5 Å². The Morgan fingerprint density at radius 1 is 1.20 bits per heavy atom. The van der Waals surface area contributed by atoms with Crippen molar-refractivity contribution in [1.29, 1.82) is 0 Å². The fourth-order valence-corrected chi connectivity index (χ4v) is 3.45. The van der Waals surface area contributed by atoms with Crippen molar-refractivity contribution in [2.24, 2.45) is 0 Å². The summed E-state index contributed by atoms with van der Waals surface area (Å²) in [4.78, 5) is 12.5. The van der Waals surface area contributed by atoms with Gasteiger partial charge in [-0.15, -0.1) is 10.2 Å². The number of sulfonamides is 1. The lowest BCUT2D eigenvalue weighted by Gasteiger charge is -2.09. The lowest BCUT2D eigenvalue weighted by atomic mass is 10.2. The van der Waals surface area contributed by atoms with E-state index in [9.17, 15) is 13.2 Å². The lowest BCUT2D eigenvalue weighted by molar-refractivity contribution is 0.0982. The number of benzene rings is 1. The van der Waals surface area contributed by atoms with Gasteiger partial charge in [0.2, 0.25) is 0 Å². The Morgan fingerprint density at radius 2 is 2.00 bits per heavy atom. The molecule has 0 bridgehead atoms. The highest BCUT2D eigenvalue weighted by Gasteiger charge is 2.22. The summed E-state index contributed by atoms with van der Waals surface area (Å²) in [6.45, 7) is 1.92. The number of anilines is 1. The van der Waals surface area contributed by atoms with E-state index in [0.29, 0.717) is 23.6 Å². The smallest absolute Gasteiger partial charge is 0.268 e. The molecule has 25 heavy (non-hydrogen) atoms. The minimum absolute atomic E-state index is 0.00429. The Bertz CT molecular complexity index is 1040. The van der Waals surface area contributed by atoms with Crippen LogP contribution in [0.15, 0.2) is 47.5 Å². The molecule has 0 fully saturated rings. The molecule has 1 aromatic carbocycles. The number of pyridine rings is 1. The molecule has 2 aromatic heterocycles. The Hall–Kier alpha value is -2.94. The molecule has 2 heterocycles. The van der Waals surface area contributed by atoms with Crippen molar-refractivity contribution in [3.05, 3.63) is 54.0 Å². The van der Waals surface area contributed by atoms with Gasteiger partial charge in [-0.3, -0.25) is 9.20 Å². The van der Waals surface area contributed by atoms with Gasteiger partial charge in [0.1, 0.15) is 5.82 Å². The zero-order valence-electron chi connectivity index (χ0n) is 13.7. The molecule has 130 valence electrons. The Kier molecular flexibility index (Phi) is 4.41. The van der Waals surface area contributed by atoms with Gasteiger partial charge < -0.3 is 5.32 Å². The van der Waals surface area contributed by atoms with E-state index in [1.165, 1.54) is 18.2 Å². The van der Waals surface area contributed by atoms with Gasteiger partial charge in [-0.2, -0.15) is 0 Å². The number of fused-ring (bicyclic) bond motifs is 1. The number of nitrogens with one attached hydrogen (secondary N) is 2. The van der Waals surface area contributed by atoms with Crippen molar-refractivity contribution >= 4 is 27.3 Å². The highest BCUT2D eigenvalue weighted by atomic mass is 32.2. The SMILES string of the molecule is CCc1nnc2c(C(=O)NS(=O)(=O)c3cccc(NC)c3)cccn12. The monoisotopic (exact) mass is 359 g/mol. The predicted octanol–water partition coefficient (Wildman–Crippen LogP) is 1.45. The quantitative estimate of drug-likeness (QED) is 0.714. The largest absolute Gasteiger partial charge is 0.388 e. The number of rotatable bonds is 5. The van der Waals surface area contributed by atoms with Crippen molar-refractivity contribution in [2.45, 2.75) is 18.2 Å². The molecule has 0 saturated carbocycles. The van der Waals surface area contributed by atoms with Crippen LogP contribution in [0.4, 0.5) is 5.69 Å². The number of aromatic nitrogens is 3. The standard InChI is InChI=1S/C16H17N5O3S/c1-3-14-18-19-15-13(8-5-9-21(14)15)16(22)20-25(23,24)12-7-4-6-11(10-12)17-2/h4-10,17H,3H2,1-2H3,(H,20,22). The van der Waals surface area contributed by atoms with Crippen LogP contribution in [0.25, 0.3) is 5.65 Å². The molecule has 0 aliphatic heterocycles. The van der Waals surface area contributed by atoms with Crippen LogP contribution in [0, 0.1) is 0 Å². The molecule has 2 N–H and O–H groups in total. The summed E-state index contributed by atoms with van der Waals surface area (Å²) in [7, 11) is -2.32. The van der Waals surface area contributed by atoms with E-state index < -0.39 is 15.9 Å². The number of aryl methyl sites for hydroxylation is 1. The van der Waals surface area contributed by atoms with Crippen LogP contribution in [0.1, 0.15) is 23.1 Å². The third kappa shape index (κ3) is 3.18. The van der Waals surface area contributed by atoms with Crippen LogP contribution >= 0.6 is 0 Å². The minimum Gasteiger partial charge on any atom is -0.388 e. The first-order valence-corrected chi connectivity index (χ1v) is 9.12. The summed E-state index contributed by atoms with van der Waals surface area (Å²) in [6, 6.07) is 9.35. The molecule has 0 aliphatic carbocycles. The normalized spacial score (nSPS) is 11.4. The van der Waals surface area contributed by atoms with Crippen LogP contribution in [-0.2, 0) is 16.4 Å². The summed E-state index contributed by atoms with van der Waals surface area (Å²) in [5.41, 5.74) is 1.08. The first-order valence-electron chi connectivity index (χ1n) is 7.64. The maximum Gasteiger partial charge on any atom is 0.268 e. The van der Waals surface area contributed by atoms with Crippen LogP contribution in [0.5, 0.6) is 0 Å². The molecule has 8 nitrogen and oxygen atoms in total. The van der Waals surface area contributed by atoms with Crippen molar-refractivity contribution < 1.29 is 13.2 Å². The highest BCUT2D eigenvalue weighted by Crippen LogP contribution is 2.16. The van der Waals surface area contributed by atoms with Crippen LogP contribution < -0.4 is 10.0 Å². The van der Waals surface area contributed by atoms with E-state index in [1.54, 1.807) is 35.8 Å². The fraction of sp³-hybridized carbons (Fsp3) is 0.188. The molecular weight excluding hydrogens is 342 g/mol. The van der Waals surface area contributed by atoms with Crippen LogP contribution in [0.2, 0.25) is 0 Å². The van der Waals surface area contributed by atoms with E-state index in [1.807, 2.05) is 6.92 Å². The summed E-state index contributed by atoms with van der Waals surface area (Å²) in [5, 5.41) is 10.9.